The third-order valence-electron chi connectivity index (χ3n) is 5.73. The predicted molar refractivity (Wildman–Crippen MR) is 115 cm³/mol. The lowest BCUT2D eigenvalue weighted by atomic mass is 10.2. The summed E-state index contributed by atoms with van der Waals surface area (Å²) >= 11 is 0. The number of hydrogen-bond donors (Lipinski definition) is 0. The number of sulfonamides is 1. The molecule has 3 heterocycles. The second-order valence-corrected chi connectivity index (χ2v) is 9.93. The maximum absolute atomic E-state index is 13.1. The van der Waals surface area contributed by atoms with E-state index in [-0.39, 0.29) is 0 Å². The largest absolute Gasteiger partial charge is 0.356 e. The van der Waals surface area contributed by atoms with Gasteiger partial charge in [0.1, 0.15) is 5.82 Å². The van der Waals surface area contributed by atoms with Gasteiger partial charge in [-0.15, -0.1) is 0 Å². The molecule has 29 heavy (non-hydrogen) atoms. The van der Waals surface area contributed by atoms with E-state index in [1.54, 1.807) is 10.4 Å². The van der Waals surface area contributed by atoms with E-state index >= 15 is 0 Å². The summed E-state index contributed by atoms with van der Waals surface area (Å²) in [6, 6.07) is 7.54. The first-order valence-electron chi connectivity index (χ1n) is 10.3. The molecule has 0 radical (unpaired) electrons. The second-order valence-electron chi connectivity index (χ2n) is 8.02. The quantitative estimate of drug-likeness (QED) is 0.764. The van der Waals surface area contributed by atoms with Crippen molar-refractivity contribution in [2.24, 2.45) is 0 Å². The van der Waals surface area contributed by atoms with Crippen LogP contribution in [0.25, 0.3) is 0 Å². The minimum Gasteiger partial charge on any atom is -0.356 e. The summed E-state index contributed by atoms with van der Waals surface area (Å²) < 4.78 is 27.8. The number of rotatable bonds is 4. The molecule has 0 amide bonds. The van der Waals surface area contributed by atoms with Crippen molar-refractivity contribution in [3.05, 3.63) is 41.1 Å². The number of hydrogen-bond acceptors (Lipinski definition) is 6. The van der Waals surface area contributed by atoms with E-state index in [1.165, 1.54) is 12.8 Å². The number of nitrogens with zero attached hydrogens (tertiary/aromatic N) is 5. The highest BCUT2D eigenvalue weighted by atomic mass is 32.2. The Balaban J connectivity index is 1.49. The van der Waals surface area contributed by atoms with Crippen LogP contribution in [0.2, 0.25) is 0 Å². The molecule has 1 aromatic carbocycles. The monoisotopic (exact) mass is 415 g/mol. The zero-order chi connectivity index (χ0) is 20.6. The third-order valence-corrected chi connectivity index (χ3v) is 7.79. The van der Waals surface area contributed by atoms with Crippen LogP contribution < -0.4 is 9.80 Å². The van der Waals surface area contributed by atoms with E-state index < -0.39 is 10.0 Å². The number of aromatic nitrogens is 2. The van der Waals surface area contributed by atoms with Crippen molar-refractivity contribution >= 4 is 21.8 Å². The first kappa shape index (κ1) is 20.1. The fourth-order valence-electron chi connectivity index (χ4n) is 4.14. The van der Waals surface area contributed by atoms with E-state index in [4.69, 9.17) is 4.98 Å². The Morgan fingerprint density at radius 2 is 1.52 bits per heavy atom. The molecule has 0 aliphatic carbocycles. The Hall–Kier alpha value is -2.19. The molecule has 0 spiro atoms. The van der Waals surface area contributed by atoms with Crippen LogP contribution in [-0.4, -0.2) is 62.0 Å². The zero-order valence-corrected chi connectivity index (χ0v) is 18.2. The van der Waals surface area contributed by atoms with Crippen molar-refractivity contribution in [1.82, 2.24) is 14.3 Å². The van der Waals surface area contributed by atoms with Gasteiger partial charge >= 0.3 is 0 Å². The lowest BCUT2D eigenvalue weighted by Crippen LogP contribution is -2.49. The molecule has 7 nitrogen and oxygen atoms in total. The predicted octanol–water partition coefficient (Wildman–Crippen LogP) is 2.51. The Morgan fingerprint density at radius 1 is 0.828 bits per heavy atom. The molecular weight excluding hydrogens is 386 g/mol. The Labute approximate surface area is 173 Å². The van der Waals surface area contributed by atoms with Gasteiger partial charge in [-0.2, -0.15) is 9.29 Å². The average Bonchev–Trinajstić information content (AvgIpc) is 3.22. The number of anilines is 2. The molecule has 2 aliphatic heterocycles. The van der Waals surface area contributed by atoms with Crippen LogP contribution in [0, 0.1) is 20.8 Å². The van der Waals surface area contributed by atoms with E-state index in [0.717, 1.165) is 35.7 Å². The van der Waals surface area contributed by atoms with Crippen molar-refractivity contribution in [3.63, 3.8) is 0 Å². The molecule has 4 rings (SSSR count). The first-order valence-corrected chi connectivity index (χ1v) is 11.7. The number of piperazine rings is 1. The zero-order valence-electron chi connectivity index (χ0n) is 17.4. The van der Waals surface area contributed by atoms with Crippen LogP contribution >= 0.6 is 0 Å². The van der Waals surface area contributed by atoms with Gasteiger partial charge in [0, 0.05) is 51.0 Å². The smallest absolute Gasteiger partial charge is 0.243 e. The van der Waals surface area contributed by atoms with Crippen LogP contribution in [0.15, 0.2) is 29.2 Å². The molecule has 8 heteroatoms. The van der Waals surface area contributed by atoms with Crippen LogP contribution in [0.1, 0.15) is 29.7 Å². The molecular formula is C21H29N5O2S. The number of aryl methyl sites for hydroxylation is 3. The Kier molecular flexibility index (Phi) is 5.48. The highest BCUT2D eigenvalue weighted by molar-refractivity contribution is 7.89. The van der Waals surface area contributed by atoms with Gasteiger partial charge in [-0.3, -0.25) is 0 Å². The van der Waals surface area contributed by atoms with E-state index in [9.17, 15) is 8.42 Å². The Bertz CT molecular complexity index is 994. The summed E-state index contributed by atoms with van der Waals surface area (Å²) in [7, 11) is -3.49. The first-order chi connectivity index (χ1) is 13.8. The standard InChI is InChI=1S/C21H29N5O2S/c1-16-6-7-19(17(2)14-16)29(27,28)26-12-10-25(11-13-26)21-22-18(3)15-20(23-21)24-8-4-5-9-24/h6-7,14-15H,4-5,8-13H2,1-3H3. The maximum atomic E-state index is 13.1. The minimum atomic E-state index is -3.49. The minimum absolute atomic E-state index is 0.402. The van der Waals surface area contributed by atoms with Crippen molar-refractivity contribution in [2.45, 2.75) is 38.5 Å². The SMILES string of the molecule is Cc1ccc(S(=O)(=O)N2CCN(c3nc(C)cc(N4CCCC4)n3)CC2)c(C)c1. The fourth-order valence-corrected chi connectivity index (χ4v) is 5.77. The van der Waals surface area contributed by atoms with Gasteiger partial charge in [0.15, 0.2) is 0 Å². The molecule has 156 valence electrons. The molecule has 2 aromatic rings. The van der Waals surface area contributed by atoms with Crippen molar-refractivity contribution in [2.75, 3.05) is 49.1 Å². The van der Waals surface area contributed by atoms with Crippen molar-refractivity contribution in [3.8, 4) is 0 Å². The summed E-state index contributed by atoms with van der Waals surface area (Å²) in [4.78, 5) is 14.2. The lowest BCUT2D eigenvalue weighted by molar-refractivity contribution is 0.382. The second kappa shape index (κ2) is 7.91. The summed E-state index contributed by atoms with van der Waals surface area (Å²) in [5, 5.41) is 0. The van der Waals surface area contributed by atoms with Crippen molar-refractivity contribution in [1.29, 1.82) is 0 Å². The van der Waals surface area contributed by atoms with Crippen LogP contribution in [0.5, 0.6) is 0 Å². The number of benzene rings is 1. The molecule has 1 aromatic heterocycles. The van der Waals surface area contributed by atoms with Crippen LogP contribution in [-0.2, 0) is 10.0 Å². The summed E-state index contributed by atoms with van der Waals surface area (Å²) in [6.45, 7) is 9.95. The van der Waals surface area contributed by atoms with Gasteiger partial charge in [0.05, 0.1) is 4.90 Å². The highest BCUT2D eigenvalue weighted by Gasteiger charge is 2.30. The van der Waals surface area contributed by atoms with Gasteiger partial charge in [-0.1, -0.05) is 17.7 Å². The van der Waals surface area contributed by atoms with Crippen LogP contribution in [0.3, 0.4) is 0 Å². The molecule has 0 N–H and O–H groups in total. The highest BCUT2D eigenvalue weighted by Crippen LogP contribution is 2.25. The third kappa shape index (κ3) is 4.09. The van der Waals surface area contributed by atoms with E-state index in [1.807, 2.05) is 39.0 Å². The molecule has 2 aliphatic rings. The van der Waals surface area contributed by atoms with Gasteiger partial charge < -0.3 is 9.80 Å². The van der Waals surface area contributed by atoms with Gasteiger partial charge in [0.2, 0.25) is 16.0 Å². The maximum Gasteiger partial charge on any atom is 0.243 e. The normalized spacial score (nSPS) is 18.4. The van der Waals surface area contributed by atoms with Gasteiger partial charge in [-0.05, 0) is 45.2 Å². The van der Waals surface area contributed by atoms with Crippen LogP contribution in [0.4, 0.5) is 11.8 Å². The average molecular weight is 416 g/mol. The van der Waals surface area contributed by atoms with E-state index in [0.29, 0.717) is 37.0 Å². The fraction of sp³-hybridized carbons (Fsp3) is 0.524. The van der Waals surface area contributed by atoms with Crippen molar-refractivity contribution < 1.29 is 8.42 Å². The molecule has 2 fully saturated rings. The summed E-state index contributed by atoms with van der Waals surface area (Å²) in [5.74, 6) is 1.69. The molecule has 0 unspecified atom stereocenters. The summed E-state index contributed by atoms with van der Waals surface area (Å²) in [6.07, 6.45) is 2.40. The lowest BCUT2D eigenvalue weighted by Gasteiger charge is -2.34. The van der Waals surface area contributed by atoms with Gasteiger partial charge in [-0.25, -0.2) is 13.4 Å². The molecule has 2 saturated heterocycles. The van der Waals surface area contributed by atoms with E-state index in [2.05, 4.69) is 14.8 Å². The topological polar surface area (TPSA) is 69.6 Å². The molecule has 0 bridgehead atoms. The summed E-state index contributed by atoms with van der Waals surface area (Å²) in [5.41, 5.74) is 2.81. The molecule has 0 atom stereocenters. The molecule has 0 saturated carbocycles. The van der Waals surface area contributed by atoms with Gasteiger partial charge in [0.25, 0.3) is 0 Å². The Morgan fingerprint density at radius 3 is 2.17 bits per heavy atom.